The third kappa shape index (κ3) is 3.63. The van der Waals surface area contributed by atoms with E-state index in [0.29, 0.717) is 35.6 Å². The Hall–Kier alpha value is -3.68. The van der Waals surface area contributed by atoms with Gasteiger partial charge in [0.05, 0.1) is 34.7 Å². The molecule has 0 spiro atoms. The fourth-order valence-electron chi connectivity index (χ4n) is 3.56. The van der Waals surface area contributed by atoms with Crippen LogP contribution in [0.3, 0.4) is 0 Å². The maximum Gasteiger partial charge on any atom is 0.341 e. The van der Waals surface area contributed by atoms with E-state index in [1.54, 1.807) is 35.2 Å². The first-order valence-electron chi connectivity index (χ1n) is 9.62. The van der Waals surface area contributed by atoms with Gasteiger partial charge in [0.2, 0.25) is 0 Å². The van der Waals surface area contributed by atoms with Crippen LogP contribution in [0.5, 0.6) is 0 Å². The van der Waals surface area contributed by atoms with E-state index >= 15 is 0 Å². The molecule has 7 nitrogen and oxygen atoms in total. The van der Waals surface area contributed by atoms with Crippen molar-refractivity contribution in [1.29, 1.82) is 0 Å². The SMILES string of the molecule is Cc1nn(-c2ccc(F)cc2)c(C)c1C(=O)OCCCn1c(=O)[nH]c2ccccc21. The summed E-state index contributed by atoms with van der Waals surface area (Å²) in [4.78, 5) is 27.5. The lowest BCUT2D eigenvalue weighted by Gasteiger charge is -2.07. The fraction of sp³-hybridized carbons (Fsp3) is 0.227. The molecule has 0 fully saturated rings. The first-order valence-corrected chi connectivity index (χ1v) is 9.62. The van der Waals surface area contributed by atoms with Crippen molar-refractivity contribution in [3.8, 4) is 5.69 Å². The van der Waals surface area contributed by atoms with Crippen LogP contribution < -0.4 is 5.69 Å². The molecule has 154 valence electrons. The van der Waals surface area contributed by atoms with Crippen LogP contribution in [0.15, 0.2) is 53.3 Å². The summed E-state index contributed by atoms with van der Waals surface area (Å²) in [6, 6.07) is 13.3. The van der Waals surface area contributed by atoms with Crippen molar-refractivity contribution in [3.63, 3.8) is 0 Å². The molecule has 0 atom stereocenters. The van der Waals surface area contributed by atoms with E-state index in [1.165, 1.54) is 12.1 Å². The van der Waals surface area contributed by atoms with Crippen molar-refractivity contribution in [2.75, 3.05) is 6.61 Å². The summed E-state index contributed by atoms with van der Waals surface area (Å²) in [5.74, 6) is -0.807. The van der Waals surface area contributed by atoms with E-state index in [4.69, 9.17) is 4.74 Å². The lowest BCUT2D eigenvalue weighted by atomic mass is 10.2. The number of carbonyl (C=O) groups excluding carboxylic acids is 1. The minimum absolute atomic E-state index is 0.172. The van der Waals surface area contributed by atoms with Crippen LogP contribution >= 0.6 is 0 Å². The zero-order chi connectivity index (χ0) is 21.3. The van der Waals surface area contributed by atoms with Crippen LogP contribution in [-0.4, -0.2) is 31.9 Å². The lowest BCUT2D eigenvalue weighted by Crippen LogP contribution is -2.18. The van der Waals surface area contributed by atoms with Crippen molar-refractivity contribution in [3.05, 3.63) is 81.8 Å². The van der Waals surface area contributed by atoms with Crippen LogP contribution in [0.4, 0.5) is 4.39 Å². The van der Waals surface area contributed by atoms with E-state index in [0.717, 1.165) is 11.0 Å². The highest BCUT2D eigenvalue weighted by molar-refractivity contribution is 5.92. The van der Waals surface area contributed by atoms with Gasteiger partial charge in [0.25, 0.3) is 0 Å². The summed E-state index contributed by atoms with van der Waals surface area (Å²) in [6.07, 6.45) is 0.498. The Morgan fingerprint density at radius 2 is 1.87 bits per heavy atom. The molecule has 0 unspecified atom stereocenters. The van der Waals surface area contributed by atoms with E-state index in [-0.39, 0.29) is 18.1 Å². The van der Waals surface area contributed by atoms with Gasteiger partial charge < -0.3 is 9.72 Å². The summed E-state index contributed by atoms with van der Waals surface area (Å²) >= 11 is 0. The Morgan fingerprint density at radius 1 is 1.13 bits per heavy atom. The average Bonchev–Trinajstić information content (AvgIpc) is 3.21. The number of aromatic amines is 1. The van der Waals surface area contributed by atoms with Gasteiger partial charge in [-0.05, 0) is 56.7 Å². The lowest BCUT2D eigenvalue weighted by molar-refractivity contribution is 0.0494. The number of nitrogens with one attached hydrogen (secondary N) is 1. The van der Waals surface area contributed by atoms with Gasteiger partial charge in [-0.15, -0.1) is 0 Å². The summed E-state index contributed by atoms with van der Waals surface area (Å²) in [5, 5.41) is 4.39. The highest BCUT2D eigenvalue weighted by Crippen LogP contribution is 2.19. The number of benzene rings is 2. The molecule has 2 aromatic heterocycles. The summed E-state index contributed by atoms with van der Waals surface area (Å²) in [5.41, 5.74) is 3.62. The number of carbonyl (C=O) groups is 1. The Morgan fingerprint density at radius 3 is 2.63 bits per heavy atom. The molecule has 0 aliphatic carbocycles. The minimum atomic E-state index is -0.468. The summed E-state index contributed by atoms with van der Waals surface area (Å²) in [7, 11) is 0. The predicted molar refractivity (Wildman–Crippen MR) is 110 cm³/mol. The van der Waals surface area contributed by atoms with Gasteiger partial charge in [-0.3, -0.25) is 4.57 Å². The van der Waals surface area contributed by atoms with Gasteiger partial charge in [-0.1, -0.05) is 12.1 Å². The number of halogens is 1. The van der Waals surface area contributed by atoms with Gasteiger partial charge in [0, 0.05) is 6.54 Å². The first kappa shape index (κ1) is 19.6. The molecule has 1 N–H and O–H groups in total. The molecule has 0 saturated heterocycles. The van der Waals surface area contributed by atoms with Crippen molar-refractivity contribution < 1.29 is 13.9 Å². The number of para-hydroxylation sites is 2. The topological polar surface area (TPSA) is 81.9 Å². The monoisotopic (exact) mass is 408 g/mol. The largest absolute Gasteiger partial charge is 0.462 e. The number of rotatable bonds is 6. The Labute approximate surface area is 171 Å². The highest BCUT2D eigenvalue weighted by Gasteiger charge is 2.20. The maximum atomic E-state index is 13.2. The Balaban J connectivity index is 1.42. The predicted octanol–water partition coefficient (Wildman–Crippen LogP) is 3.52. The molecule has 2 aromatic carbocycles. The molecule has 0 aliphatic rings. The van der Waals surface area contributed by atoms with Gasteiger partial charge in [-0.2, -0.15) is 5.10 Å². The van der Waals surface area contributed by atoms with Crippen LogP contribution in [0.2, 0.25) is 0 Å². The second-order valence-electron chi connectivity index (χ2n) is 7.02. The highest BCUT2D eigenvalue weighted by atomic mass is 19.1. The zero-order valence-corrected chi connectivity index (χ0v) is 16.7. The van der Waals surface area contributed by atoms with Gasteiger partial charge in [-0.25, -0.2) is 18.7 Å². The van der Waals surface area contributed by atoms with E-state index in [1.807, 2.05) is 24.3 Å². The number of esters is 1. The van der Waals surface area contributed by atoms with Gasteiger partial charge >= 0.3 is 11.7 Å². The molecule has 4 rings (SSSR count). The number of hydrogen-bond acceptors (Lipinski definition) is 4. The Kier molecular flexibility index (Phi) is 5.22. The number of fused-ring (bicyclic) bond motifs is 1. The van der Waals surface area contributed by atoms with E-state index < -0.39 is 5.97 Å². The molecule has 0 bridgehead atoms. The van der Waals surface area contributed by atoms with Crippen LogP contribution in [0.25, 0.3) is 16.7 Å². The van der Waals surface area contributed by atoms with E-state index in [2.05, 4.69) is 10.1 Å². The van der Waals surface area contributed by atoms with Gasteiger partial charge in [0.1, 0.15) is 11.4 Å². The Bertz CT molecular complexity index is 1270. The third-order valence-corrected chi connectivity index (χ3v) is 5.01. The fourth-order valence-corrected chi connectivity index (χ4v) is 3.56. The molecule has 2 heterocycles. The van der Waals surface area contributed by atoms with Crippen LogP contribution in [0, 0.1) is 19.7 Å². The first-order chi connectivity index (χ1) is 14.5. The number of H-pyrrole nitrogens is 1. The standard InChI is InChI=1S/C22H21FN4O3/c1-14-20(15(2)27(25-14)17-10-8-16(23)9-11-17)21(28)30-13-5-12-26-19-7-4-3-6-18(19)24-22(26)29/h3-4,6-11H,5,12-13H2,1-2H3,(H,24,29). The maximum absolute atomic E-state index is 13.2. The number of nitrogens with zero attached hydrogens (tertiary/aromatic N) is 3. The molecule has 30 heavy (non-hydrogen) atoms. The van der Waals surface area contributed by atoms with Crippen molar-refractivity contribution in [2.24, 2.45) is 0 Å². The number of ether oxygens (including phenoxy) is 1. The van der Waals surface area contributed by atoms with Gasteiger partial charge in [0.15, 0.2) is 0 Å². The van der Waals surface area contributed by atoms with Crippen molar-refractivity contribution >= 4 is 17.0 Å². The molecule has 0 saturated carbocycles. The molecular weight excluding hydrogens is 387 g/mol. The van der Waals surface area contributed by atoms with Crippen LogP contribution in [0.1, 0.15) is 28.2 Å². The molecule has 8 heteroatoms. The van der Waals surface area contributed by atoms with Crippen molar-refractivity contribution in [1.82, 2.24) is 19.3 Å². The van der Waals surface area contributed by atoms with Crippen LogP contribution in [-0.2, 0) is 11.3 Å². The molecular formula is C22H21FN4O3. The summed E-state index contributed by atoms with van der Waals surface area (Å²) < 4.78 is 21.8. The smallest absolute Gasteiger partial charge is 0.341 e. The summed E-state index contributed by atoms with van der Waals surface area (Å²) in [6.45, 7) is 4.11. The molecule has 0 radical (unpaired) electrons. The normalized spacial score (nSPS) is 11.2. The second kappa shape index (κ2) is 7.98. The molecule has 4 aromatic rings. The van der Waals surface area contributed by atoms with Crippen molar-refractivity contribution in [2.45, 2.75) is 26.8 Å². The number of aryl methyl sites for hydroxylation is 2. The quantitative estimate of drug-likeness (QED) is 0.391. The number of imidazole rings is 1. The molecule has 0 aliphatic heterocycles. The number of hydrogen-bond donors (Lipinski definition) is 1. The minimum Gasteiger partial charge on any atom is -0.462 e. The molecule has 0 amide bonds. The van der Waals surface area contributed by atoms with E-state index in [9.17, 15) is 14.0 Å². The third-order valence-electron chi connectivity index (χ3n) is 5.01. The number of aromatic nitrogens is 4. The average molecular weight is 408 g/mol. The zero-order valence-electron chi connectivity index (χ0n) is 16.7. The second-order valence-corrected chi connectivity index (χ2v) is 7.02.